The van der Waals surface area contributed by atoms with E-state index in [0.29, 0.717) is 40.8 Å². The van der Waals surface area contributed by atoms with Crippen LogP contribution in [-0.2, 0) is 4.79 Å². The second-order valence-corrected chi connectivity index (χ2v) is 8.32. The van der Waals surface area contributed by atoms with Crippen LogP contribution in [0.1, 0.15) is 19.4 Å². The molecular formula is C24H28N4O5S. The van der Waals surface area contributed by atoms with Crippen molar-refractivity contribution in [2.24, 2.45) is 0 Å². The Bertz CT molecular complexity index is 1130. The van der Waals surface area contributed by atoms with E-state index in [0.717, 1.165) is 17.8 Å². The van der Waals surface area contributed by atoms with E-state index >= 15 is 0 Å². The lowest BCUT2D eigenvalue weighted by molar-refractivity contribution is -0.384. The van der Waals surface area contributed by atoms with Gasteiger partial charge in [0, 0.05) is 31.3 Å². The lowest BCUT2D eigenvalue weighted by Crippen LogP contribution is -2.38. The number of hydrogen-bond donors (Lipinski definition) is 0. The van der Waals surface area contributed by atoms with Gasteiger partial charge in [-0.25, -0.2) is 4.98 Å². The van der Waals surface area contributed by atoms with Crippen LogP contribution < -0.4 is 14.4 Å². The molecule has 0 radical (unpaired) electrons. The number of carbonyl (C=O) groups is 1. The zero-order valence-electron chi connectivity index (χ0n) is 19.7. The lowest BCUT2D eigenvalue weighted by atomic mass is 10.2. The molecule has 180 valence electrons. The number of nitro groups is 1. The lowest BCUT2D eigenvalue weighted by Gasteiger charge is -2.23. The molecule has 0 saturated heterocycles. The van der Waals surface area contributed by atoms with E-state index < -0.39 is 4.92 Å². The van der Waals surface area contributed by atoms with Crippen LogP contribution in [-0.4, -0.2) is 61.1 Å². The third-order valence-corrected chi connectivity index (χ3v) is 6.55. The number of hydrogen-bond acceptors (Lipinski definition) is 8. The van der Waals surface area contributed by atoms with E-state index in [2.05, 4.69) is 18.7 Å². The highest BCUT2D eigenvalue weighted by molar-refractivity contribution is 7.22. The predicted molar refractivity (Wildman–Crippen MR) is 135 cm³/mol. The minimum atomic E-state index is -0.455. The van der Waals surface area contributed by atoms with Crippen LogP contribution in [0.3, 0.4) is 0 Å². The van der Waals surface area contributed by atoms with Crippen molar-refractivity contribution in [2.75, 3.05) is 45.3 Å². The number of anilines is 1. The second-order valence-electron chi connectivity index (χ2n) is 7.34. The molecule has 1 heterocycles. The summed E-state index contributed by atoms with van der Waals surface area (Å²) in [5.74, 6) is 1.04. The number of aromatic nitrogens is 1. The first kappa shape index (κ1) is 25.1. The zero-order chi connectivity index (χ0) is 24.7. The largest absolute Gasteiger partial charge is 0.495 e. The van der Waals surface area contributed by atoms with Crippen LogP contribution in [0.4, 0.5) is 10.8 Å². The average molecular weight is 485 g/mol. The van der Waals surface area contributed by atoms with Gasteiger partial charge in [0.1, 0.15) is 21.7 Å². The second kappa shape index (κ2) is 11.6. The number of ether oxygens (including phenoxy) is 2. The molecule has 0 N–H and O–H groups in total. The number of methoxy groups -OCH3 is 2. The van der Waals surface area contributed by atoms with Gasteiger partial charge in [-0.2, -0.15) is 0 Å². The van der Waals surface area contributed by atoms with Crippen LogP contribution in [0.15, 0.2) is 42.5 Å². The smallest absolute Gasteiger partial charge is 0.269 e. The first-order chi connectivity index (χ1) is 16.4. The van der Waals surface area contributed by atoms with E-state index in [9.17, 15) is 14.9 Å². The summed E-state index contributed by atoms with van der Waals surface area (Å²) < 4.78 is 11.7. The Kier molecular flexibility index (Phi) is 8.55. The molecule has 10 heteroatoms. The molecule has 0 aliphatic rings. The highest BCUT2D eigenvalue weighted by atomic mass is 32.1. The molecule has 0 bridgehead atoms. The molecule has 0 unspecified atom stereocenters. The first-order valence-electron chi connectivity index (χ1n) is 10.9. The Labute approximate surface area is 202 Å². The molecule has 1 amide bonds. The third-order valence-electron chi connectivity index (χ3n) is 5.45. The van der Waals surface area contributed by atoms with Crippen molar-refractivity contribution in [3.8, 4) is 11.5 Å². The van der Waals surface area contributed by atoms with Crippen molar-refractivity contribution in [3.05, 3.63) is 58.2 Å². The Morgan fingerprint density at radius 2 is 1.71 bits per heavy atom. The highest BCUT2D eigenvalue weighted by Crippen LogP contribution is 2.40. The van der Waals surface area contributed by atoms with Crippen molar-refractivity contribution in [1.82, 2.24) is 9.88 Å². The van der Waals surface area contributed by atoms with Gasteiger partial charge in [-0.05, 0) is 49.0 Å². The number of benzene rings is 2. The van der Waals surface area contributed by atoms with E-state index in [4.69, 9.17) is 14.5 Å². The summed E-state index contributed by atoms with van der Waals surface area (Å²) in [6, 6.07) is 9.65. The fourth-order valence-corrected chi connectivity index (χ4v) is 4.54. The first-order valence-corrected chi connectivity index (χ1v) is 11.7. The monoisotopic (exact) mass is 484 g/mol. The fourth-order valence-electron chi connectivity index (χ4n) is 3.44. The summed E-state index contributed by atoms with van der Waals surface area (Å²) in [4.78, 5) is 32.3. The molecule has 0 saturated carbocycles. The van der Waals surface area contributed by atoms with Gasteiger partial charge in [0.15, 0.2) is 5.13 Å². The van der Waals surface area contributed by atoms with Crippen molar-refractivity contribution >= 4 is 44.4 Å². The highest BCUT2D eigenvalue weighted by Gasteiger charge is 2.22. The molecule has 0 aliphatic carbocycles. The topological polar surface area (TPSA) is 98.0 Å². The van der Waals surface area contributed by atoms with Crippen LogP contribution in [0.2, 0.25) is 0 Å². The molecule has 9 nitrogen and oxygen atoms in total. The summed E-state index contributed by atoms with van der Waals surface area (Å²) in [7, 11) is 3.17. The normalized spacial score (nSPS) is 11.3. The Morgan fingerprint density at radius 3 is 2.29 bits per heavy atom. The minimum absolute atomic E-state index is 0.00157. The van der Waals surface area contributed by atoms with E-state index in [-0.39, 0.29) is 11.6 Å². The van der Waals surface area contributed by atoms with Gasteiger partial charge in [0.2, 0.25) is 0 Å². The van der Waals surface area contributed by atoms with Gasteiger partial charge in [0.05, 0.1) is 19.1 Å². The Balaban J connectivity index is 1.94. The molecule has 34 heavy (non-hydrogen) atoms. The van der Waals surface area contributed by atoms with Crippen molar-refractivity contribution in [3.63, 3.8) is 0 Å². The summed E-state index contributed by atoms with van der Waals surface area (Å²) in [6.45, 7) is 7.05. The van der Waals surface area contributed by atoms with Crippen molar-refractivity contribution in [1.29, 1.82) is 0 Å². The van der Waals surface area contributed by atoms with Crippen LogP contribution in [0.25, 0.3) is 16.3 Å². The number of fused-ring (bicyclic) bond motifs is 1. The zero-order valence-corrected chi connectivity index (χ0v) is 20.5. The van der Waals surface area contributed by atoms with Gasteiger partial charge in [-0.1, -0.05) is 25.2 Å². The summed E-state index contributed by atoms with van der Waals surface area (Å²) in [5, 5.41) is 11.4. The molecule has 3 aromatic rings. The van der Waals surface area contributed by atoms with Crippen LogP contribution in [0.5, 0.6) is 11.5 Å². The molecule has 0 spiro atoms. The van der Waals surface area contributed by atoms with E-state index in [1.807, 2.05) is 6.07 Å². The third kappa shape index (κ3) is 5.70. The Morgan fingerprint density at radius 1 is 1.06 bits per heavy atom. The molecule has 0 atom stereocenters. The molecule has 3 rings (SSSR count). The molecular weight excluding hydrogens is 456 g/mol. The Hall–Kier alpha value is -3.50. The number of nitro benzene ring substituents is 1. The van der Waals surface area contributed by atoms with E-state index in [1.165, 1.54) is 29.5 Å². The minimum Gasteiger partial charge on any atom is -0.495 e. The fraction of sp³-hybridized carbons (Fsp3) is 0.333. The summed E-state index contributed by atoms with van der Waals surface area (Å²) in [5.41, 5.74) is 1.33. The van der Waals surface area contributed by atoms with Crippen molar-refractivity contribution in [2.45, 2.75) is 13.8 Å². The number of rotatable bonds is 11. The molecule has 2 aromatic carbocycles. The van der Waals surface area contributed by atoms with Gasteiger partial charge >= 0.3 is 0 Å². The van der Waals surface area contributed by atoms with Crippen LogP contribution >= 0.6 is 11.3 Å². The van der Waals surface area contributed by atoms with Crippen molar-refractivity contribution < 1.29 is 19.2 Å². The van der Waals surface area contributed by atoms with Gasteiger partial charge in [0.25, 0.3) is 11.6 Å². The average Bonchev–Trinajstić information content (AvgIpc) is 3.30. The number of nitrogens with zero attached hydrogens (tertiary/aromatic N) is 4. The maximum absolute atomic E-state index is 13.3. The number of thiazole rings is 1. The maximum atomic E-state index is 13.3. The van der Waals surface area contributed by atoms with Gasteiger partial charge in [-0.3, -0.25) is 19.8 Å². The quantitative estimate of drug-likeness (QED) is 0.223. The molecule has 0 fully saturated rings. The molecule has 0 aliphatic heterocycles. The van der Waals surface area contributed by atoms with Crippen LogP contribution in [0, 0.1) is 10.1 Å². The SMILES string of the molecule is CCN(CC)CCN(C(=O)/C=C\c1ccc([N+](=O)[O-])cc1)c1nc2c(OC)ccc(OC)c2s1. The number of non-ortho nitro benzene ring substituents is 1. The number of carbonyl (C=O) groups excluding carboxylic acids is 1. The summed E-state index contributed by atoms with van der Waals surface area (Å²) in [6.07, 6.45) is 3.11. The van der Waals surface area contributed by atoms with Gasteiger partial charge in [-0.15, -0.1) is 0 Å². The summed E-state index contributed by atoms with van der Waals surface area (Å²) >= 11 is 1.37. The van der Waals surface area contributed by atoms with Gasteiger partial charge < -0.3 is 14.4 Å². The maximum Gasteiger partial charge on any atom is 0.269 e. The molecule has 1 aromatic heterocycles. The predicted octanol–water partition coefficient (Wildman–Crippen LogP) is 4.61. The number of amides is 1. The van der Waals surface area contributed by atoms with E-state index in [1.54, 1.807) is 43.4 Å². The standard InChI is InChI=1S/C24H28N4O5S/c1-5-26(6-2)15-16-27(21(29)14-9-17-7-10-18(11-8-17)28(30)31)24-25-22-19(32-3)12-13-20(33-4)23(22)34-24/h7-14H,5-6,15-16H2,1-4H3/b14-9-. The number of likely N-dealkylation sites (N-methyl/N-ethyl adjacent to an activating group) is 1.